The van der Waals surface area contributed by atoms with E-state index in [1.54, 1.807) is 30.3 Å². The van der Waals surface area contributed by atoms with Crippen molar-refractivity contribution >= 4 is 33.2 Å². The maximum atomic E-state index is 10.8. The molecule has 0 spiro atoms. The molecule has 0 aromatic heterocycles. The number of benzene rings is 2. The van der Waals surface area contributed by atoms with Crippen LogP contribution in [0.25, 0.3) is 0 Å². The van der Waals surface area contributed by atoms with Gasteiger partial charge in [-0.3, -0.25) is 10.1 Å². The van der Waals surface area contributed by atoms with Gasteiger partial charge in [0.1, 0.15) is 16.8 Å². The van der Waals surface area contributed by atoms with Gasteiger partial charge in [0, 0.05) is 11.6 Å². The van der Waals surface area contributed by atoms with Gasteiger partial charge >= 0.3 is 0 Å². The Bertz CT molecular complexity index is 619. The zero-order valence-electron chi connectivity index (χ0n) is 9.68. The summed E-state index contributed by atoms with van der Waals surface area (Å²) in [6.45, 7) is 0.200. The van der Waals surface area contributed by atoms with Gasteiger partial charge in [0.25, 0.3) is 5.69 Å². The molecule has 0 saturated heterocycles. The topological polar surface area (TPSA) is 52.4 Å². The smallest absolute Gasteiger partial charge is 0.283 e. The van der Waals surface area contributed by atoms with E-state index in [0.717, 1.165) is 0 Å². The SMILES string of the molecule is O=[N+]([O-])c1cccc(COc2ccccc2Cl)c1Br. The van der Waals surface area contributed by atoms with Crippen molar-refractivity contribution in [2.24, 2.45) is 0 Å². The summed E-state index contributed by atoms with van der Waals surface area (Å²) in [5.41, 5.74) is 0.703. The second-order valence-electron chi connectivity index (χ2n) is 3.73. The zero-order chi connectivity index (χ0) is 13.8. The molecule has 19 heavy (non-hydrogen) atoms. The predicted octanol–water partition coefficient (Wildman–Crippen LogP) is 4.59. The average Bonchev–Trinajstić information content (AvgIpc) is 2.39. The Balaban J connectivity index is 2.19. The normalized spacial score (nSPS) is 10.2. The maximum Gasteiger partial charge on any atom is 0.283 e. The summed E-state index contributed by atoms with van der Waals surface area (Å²) in [5.74, 6) is 0.544. The summed E-state index contributed by atoms with van der Waals surface area (Å²) in [6, 6.07) is 11.9. The van der Waals surface area contributed by atoms with Crippen LogP contribution in [-0.2, 0) is 6.61 Å². The lowest BCUT2D eigenvalue weighted by Gasteiger charge is -2.09. The van der Waals surface area contributed by atoms with Gasteiger partial charge in [-0.15, -0.1) is 0 Å². The van der Waals surface area contributed by atoms with Crippen LogP contribution in [0.15, 0.2) is 46.9 Å². The molecule has 0 heterocycles. The highest BCUT2D eigenvalue weighted by Gasteiger charge is 2.15. The number of nitro groups is 1. The van der Waals surface area contributed by atoms with E-state index in [0.29, 0.717) is 20.8 Å². The van der Waals surface area contributed by atoms with Gasteiger partial charge in [-0.05, 0) is 28.1 Å². The molecule has 0 aliphatic rings. The highest BCUT2D eigenvalue weighted by atomic mass is 79.9. The number of nitrogens with zero attached hydrogens (tertiary/aromatic N) is 1. The Hall–Kier alpha value is -1.59. The van der Waals surface area contributed by atoms with Gasteiger partial charge in [0.05, 0.1) is 9.95 Å². The summed E-state index contributed by atoms with van der Waals surface area (Å²) >= 11 is 9.19. The third-order valence-electron chi connectivity index (χ3n) is 2.47. The molecule has 4 nitrogen and oxygen atoms in total. The van der Waals surface area contributed by atoms with Crippen LogP contribution < -0.4 is 4.74 Å². The fourth-order valence-corrected chi connectivity index (χ4v) is 2.25. The molecular weight excluding hydrogens is 334 g/mol. The molecule has 0 amide bonds. The van der Waals surface area contributed by atoms with Crippen LogP contribution in [0, 0.1) is 10.1 Å². The van der Waals surface area contributed by atoms with Crippen LogP contribution in [0.1, 0.15) is 5.56 Å². The first kappa shape index (κ1) is 13.8. The van der Waals surface area contributed by atoms with Gasteiger partial charge in [0.15, 0.2) is 0 Å². The van der Waals surface area contributed by atoms with E-state index in [2.05, 4.69) is 15.9 Å². The predicted molar refractivity (Wildman–Crippen MR) is 76.6 cm³/mol. The minimum absolute atomic E-state index is 0.0141. The second-order valence-corrected chi connectivity index (χ2v) is 4.93. The van der Waals surface area contributed by atoms with Gasteiger partial charge in [-0.1, -0.05) is 35.9 Å². The average molecular weight is 343 g/mol. The van der Waals surface area contributed by atoms with Gasteiger partial charge in [-0.25, -0.2) is 0 Å². The number of rotatable bonds is 4. The molecule has 0 unspecified atom stereocenters. The van der Waals surface area contributed by atoms with E-state index in [-0.39, 0.29) is 12.3 Å². The monoisotopic (exact) mass is 341 g/mol. The second kappa shape index (κ2) is 6.04. The van der Waals surface area contributed by atoms with Crippen molar-refractivity contribution in [1.29, 1.82) is 0 Å². The van der Waals surface area contributed by atoms with Crippen molar-refractivity contribution in [1.82, 2.24) is 0 Å². The van der Waals surface area contributed by atoms with Crippen LogP contribution in [-0.4, -0.2) is 4.92 Å². The number of ether oxygens (including phenoxy) is 1. The molecule has 0 atom stereocenters. The van der Waals surface area contributed by atoms with Crippen LogP contribution in [0.5, 0.6) is 5.75 Å². The minimum Gasteiger partial charge on any atom is -0.487 e. The molecule has 0 aliphatic carbocycles. The molecular formula is C13H9BrClNO3. The number of halogens is 2. The number of nitro benzene ring substituents is 1. The Kier molecular flexibility index (Phi) is 4.39. The molecule has 2 aromatic carbocycles. The fraction of sp³-hybridized carbons (Fsp3) is 0.0769. The first-order valence-corrected chi connectivity index (χ1v) is 6.56. The Labute approximate surface area is 123 Å². The third-order valence-corrected chi connectivity index (χ3v) is 3.70. The zero-order valence-corrected chi connectivity index (χ0v) is 12.0. The van der Waals surface area contributed by atoms with E-state index < -0.39 is 4.92 Å². The van der Waals surface area contributed by atoms with Crippen molar-refractivity contribution < 1.29 is 9.66 Å². The molecule has 98 valence electrons. The standard InChI is InChI=1S/C13H9BrClNO3/c14-13-9(4-3-6-11(13)16(17)18)8-19-12-7-2-1-5-10(12)15/h1-7H,8H2. The lowest BCUT2D eigenvalue weighted by molar-refractivity contribution is -0.385. The fourth-order valence-electron chi connectivity index (χ4n) is 1.54. The van der Waals surface area contributed by atoms with Gasteiger partial charge in [-0.2, -0.15) is 0 Å². The molecule has 2 rings (SSSR count). The van der Waals surface area contributed by atoms with Crippen molar-refractivity contribution in [2.75, 3.05) is 0 Å². The Morgan fingerprint density at radius 2 is 1.95 bits per heavy atom. The Morgan fingerprint density at radius 3 is 2.63 bits per heavy atom. The molecule has 0 bridgehead atoms. The lowest BCUT2D eigenvalue weighted by atomic mass is 10.2. The molecule has 2 aromatic rings. The highest BCUT2D eigenvalue weighted by molar-refractivity contribution is 9.10. The van der Waals surface area contributed by atoms with E-state index in [1.807, 2.05) is 6.07 Å². The summed E-state index contributed by atoms with van der Waals surface area (Å²) < 4.78 is 5.98. The van der Waals surface area contributed by atoms with Gasteiger partial charge < -0.3 is 4.74 Å². The lowest BCUT2D eigenvalue weighted by Crippen LogP contribution is -1.99. The van der Waals surface area contributed by atoms with Crippen molar-refractivity contribution in [2.45, 2.75) is 6.61 Å². The molecule has 0 fully saturated rings. The van der Waals surface area contributed by atoms with Crippen molar-refractivity contribution in [3.63, 3.8) is 0 Å². The minimum atomic E-state index is -0.441. The van der Waals surface area contributed by atoms with Crippen molar-refractivity contribution in [3.05, 3.63) is 67.6 Å². The van der Waals surface area contributed by atoms with Crippen LogP contribution in [0.2, 0.25) is 5.02 Å². The molecule has 0 aliphatic heterocycles. The number of para-hydroxylation sites is 1. The highest BCUT2D eigenvalue weighted by Crippen LogP contribution is 2.30. The first-order valence-electron chi connectivity index (χ1n) is 5.38. The summed E-state index contributed by atoms with van der Waals surface area (Å²) in [7, 11) is 0. The third kappa shape index (κ3) is 3.24. The number of hydrogen-bond acceptors (Lipinski definition) is 3. The van der Waals surface area contributed by atoms with Crippen molar-refractivity contribution in [3.8, 4) is 5.75 Å². The molecule has 0 N–H and O–H groups in total. The molecule has 0 radical (unpaired) electrons. The van der Waals surface area contributed by atoms with E-state index in [1.165, 1.54) is 6.07 Å². The largest absolute Gasteiger partial charge is 0.487 e. The number of hydrogen-bond donors (Lipinski definition) is 0. The van der Waals surface area contributed by atoms with Gasteiger partial charge in [0.2, 0.25) is 0 Å². The maximum absolute atomic E-state index is 10.8. The summed E-state index contributed by atoms with van der Waals surface area (Å²) in [5, 5.41) is 11.3. The quantitative estimate of drug-likeness (QED) is 0.603. The summed E-state index contributed by atoms with van der Waals surface area (Å²) in [6.07, 6.45) is 0. The Morgan fingerprint density at radius 1 is 1.21 bits per heavy atom. The van der Waals surface area contributed by atoms with Crippen LogP contribution in [0.4, 0.5) is 5.69 Å². The summed E-state index contributed by atoms with van der Waals surface area (Å²) in [4.78, 5) is 10.4. The molecule has 0 saturated carbocycles. The van der Waals surface area contributed by atoms with E-state index >= 15 is 0 Å². The van der Waals surface area contributed by atoms with E-state index in [9.17, 15) is 10.1 Å². The molecule has 6 heteroatoms. The first-order chi connectivity index (χ1) is 9.09. The van der Waals surface area contributed by atoms with E-state index in [4.69, 9.17) is 16.3 Å². The van der Waals surface area contributed by atoms with Crippen LogP contribution in [0.3, 0.4) is 0 Å². The van der Waals surface area contributed by atoms with Crippen LogP contribution >= 0.6 is 27.5 Å².